The van der Waals surface area contributed by atoms with Gasteiger partial charge in [0.25, 0.3) is 0 Å². The highest BCUT2D eigenvalue weighted by Crippen LogP contribution is 2.38. The zero-order chi connectivity index (χ0) is 16.1. The van der Waals surface area contributed by atoms with Gasteiger partial charge in [-0.25, -0.2) is 0 Å². The van der Waals surface area contributed by atoms with Crippen molar-refractivity contribution in [2.75, 3.05) is 7.11 Å². The Kier molecular flexibility index (Phi) is 2.77. The molecule has 3 aromatic carbocycles. The first kappa shape index (κ1) is 13.4. The first-order valence-corrected chi connectivity index (χ1v) is 8.16. The predicted octanol–water partition coefficient (Wildman–Crippen LogP) is 6.26. The Balaban J connectivity index is 2.11. The van der Waals surface area contributed by atoms with Crippen LogP contribution in [0.1, 0.15) is 0 Å². The van der Waals surface area contributed by atoms with E-state index >= 15 is 0 Å². The summed E-state index contributed by atoms with van der Waals surface area (Å²) in [6.45, 7) is 0. The minimum absolute atomic E-state index is 0.893. The zero-order valence-electron chi connectivity index (χ0n) is 13.4. The lowest BCUT2D eigenvalue weighted by atomic mass is 9.95. The summed E-state index contributed by atoms with van der Waals surface area (Å²) in [6.07, 6.45) is 0. The molecule has 24 heavy (non-hydrogen) atoms. The van der Waals surface area contributed by atoms with Crippen molar-refractivity contribution in [1.82, 2.24) is 0 Å². The molecule has 5 rings (SSSR count). The molecule has 1 nitrogen and oxygen atoms in total. The Hall–Kier alpha value is -3.06. The number of methoxy groups -OCH3 is 1. The van der Waals surface area contributed by atoms with Gasteiger partial charge in [0.1, 0.15) is 5.75 Å². The van der Waals surface area contributed by atoms with E-state index < -0.39 is 0 Å². The summed E-state index contributed by atoms with van der Waals surface area (Å²) in [7, 11) is 1.72. The molecule has 0 atom stereocenters. The van der Waals surface area contributed by atoms with Gasteiger partial charge in [-0.15, -0.1) is 0 Å². The van der Waals surface area contributed by atoms with Crippen molar-refractivity contribution >= 4 is 32.3 Å². The molecule has 0 amide bonds. The molecule has 0 aliphatic heterocycles. The minimum atomic E-state index is 0.893. The first-order chi connectivity index (χ1) is 11.8. The Labute approximate surface area is 140 Å². The van der Waals surface area contributed by atoms with Gasteiger partial charge in [0.05, 0.1) is 7.11 Å². The molecule has 2 aliphatic rings. The van der Waals surface area contributed by atoms with Gasteiger partial charge >= 0.3 is 0 Å². The summed E-state index contributed by atoms with van der Waals surface area (Å²) in [5.74, 6) is 0.893. The SMILES string of the molecule is COc1ccc2c3ccccc3c3ccc4cccc-4cc3c2c1. The van der Waals surface area contributed by atoms with Crippen molar-refractivity contribution in [2.45, 2.75) is 0 Å². The fourth-order valence-corrected chi connectivity index (χ4v) is 3.75. The lowest BCUT2D eigenvalue weighted by Crippen LogP contribution is -1.85. The number of hydrogen-bond acceptors (Lipinski definition) is 1. The third-order valence-corrected chi connectivity index (χ3v) is 4.93. The quantitative estimate of drug-likeness (QED) is 0.332. The minimum Gasteiger partial charge on any atom is -0.497 e. The molecule has 3 aromatic rings. The van der Waals surface area contributed by atoms with E-state index in [0.717, 1.165) is 5.75 Å². The van der Waals surface area contributed by atoms with Crippen LogP contribution in [0.25, 0.3) is 43.4 Å². The van der Waals surface area contributed by atoms with E-state index in [0.29, 0.717) is 0 Å². The van der Waals surface area contributed by atoms with Crippen molar-refractivity contribution in [1.29, 1.82) is 0 Å². The third kappa shape index (κ3) is 1.82. The highest BCUT2D eigenvalue weighted by atomic mass is 16.5. The van der Waals surface area contributed by atoms with E-state index in [4.69, 9.17) is 4.74 Å². The molecule has 0 aromatic heterocycles. The molecule has 114 valence electrons. The van der Waals surface area contributed by atoms with Crippen LogP contribution in [-0.4, -0.2) is 7.11 Å². The molecule has 0 N–H and O–H groups in total. The van der Waals surface area contributed by atoms with Crippen LogP contribution in [0.5, 0.6) is 5.75 Å². The van der Waals surface area contributed by atoms with Crippen molar-refractivity contribution in [3.05, 3.63) is 78.9 Å². The number of hydrogen-bond donors (Lipinski definition) is 0. The molecule has 1 heteroatoms. The van der Waals surface area contributed by atoms with Crippen LogP contribution in [0.2, 0.25) is 0 Å². The van der Waals surface area contributed by atoms with E-state index in [9.17, 15) is 0 Å². The molecule has 0 spiro atoms. The maximum absolute atomic E-state index is 5.48. The molecule has 0 bridgehead atoms. The fraction of sp³-hybridized carbons (Fsp3) is 0.0435. The van der Waals surface area contributed by atoms with Gasteiger partial charge < -0.3 is 4.74 Å². The van der Waals surface area contributed by atoms with Gasteiger partial charge in [0, 0.05) is 0 Å². The molecule has 0 heterocycles. The van der Waals surface area contributed by atoms with Gasteiger partial charge in [-0.3, -0.25) is 0 Å². The highest BCUT2D eigenvalue weighted by Gasteiger charge is 2.10. The average Bonchev–Trinajstić information content (AvgIpc) is 3.00. The van der Waals surface area contributed by atoms with Crippen molar-refractivity contribution in [2.24, 2.45) is 0 Å². The lowest BCUT2D eigenvalue weighted by molar-refractivity contribution is 0.415. The largest absolute Gasteiger partial charge is 0.497 e. The Morgan fingerprint density at radius 1 is 0.500 bits per heavy atom. The Morgan fingerprint density at radius 2 is 1.12 bits per heavy atom. The standard InChI is InChI=1S/C23H16O/c1-24-17-10-12-21-19-8-3-2-7-18(19)20-11-9-15-5-4-6-16(15)13-22(20)23(21)14-17/h2-14H,1H3. The Bertz CT molecular complexity index is 1190. The van der Waals surface area contributed by atoms with Gasteiger partial charge in [-0.05, 0) is 61.6 Å². The van der Waals surface area contributed by atoms with Crippen LogP contribution in [0, 0.1) is 0 Å². The van der Waals surface area contributed by atoms with Crippen LogP contribution in [-0.2, 0) is 0 Å². The molecule has 0 saturated carbocycles. The van der Waals surface area contributed by atoms with Crippen molar-refractivity contribution in [3.8, 4) is 16.9 Å². The average molecular weight is 308 g/mol. The van der Waals surface area contributed by atoms with E-state index in [1.807, 2.05) is 6.07 Å². The number of fused-ring (bicyclic) bond motifs is 7. The summed E-state index contributed by atoms with van der Waals surface area (Å²) >= 11 is 0. The van der Waals surface area contributed by atoms with Crippen LogP contribution >= 0.6 is 0 Å². The van der Waals surface area contributed by atoms with Crippen molar-refractivity contribution < 1.29 is 4.74 Å². The summed E-state index contributed by atoms with van der Waals surface area (Å²) in [5.41, 5.74) is 2.54. The monoisotopic (exact) mass is 308 g/mol. The zero-order valence-corrected chi connectivity index (χ0v) is 13.4. The van der Waals surface area contributed by atoms with Crippen molar-refractivity contribution in [3.63, 3.8) is 0 Å². The van der Waals surface area contributed by atoms with E-state index in [2.05, 4.69) is 72.8 Å². The maximum atomic E-state index is 5.48. The van der Waals surface area contributed by atoms with Crippen LogP contribution in [0.3, 0.4) is 0 Å². The van der Waals surface area contributed by atoms with Gasteiger partial charge in [0.2, 0.25) is 0 Å². The molecular weight excluding hydrogens is 292 g/mol. The molecule has 0 saturated heterocycles. The van der Waals surface area contributed by atoms with E-state index in [1.54, 1.807) is 7.11 Å². The maximum Gasteiger partial charge on any atom is 0.119 e. The third-order valence-electron chi connectivity index (χ3n) is 4.93. The number of benzene rings is 3. The number of ether oxygens (including phenoxy) is 1. The fourth-order valence-electron chi connectivity index (χ4n) is 3.75. The molecule has 0 fully saturated rings. The van der Waals surface area contributed by atoms with Crippen LogP contribution < -0.4 is 4.74 Å². The predicted molar refractivity (Wildman–Crippen MR) is 102 cm³/mol. The summed E-state index contributed by atoms with van der Waals surface area (Å²) < 4.78 is 5.48. The molecular formula is C23H16O. The smallest absolute Gasteiger partial charge is 0.119 e. The summed E-state index contributed by atoms with van der Waals surface area (Å²) in [5, 5.41) is 7.63. The Morgan fingerprint density at radius 3 is 1.88 bits per heavy atom. The second kappa shape index (κ2) is 4.97. The highest BCUT2D eigenvalue weighted by molar-refractivity contribution is 6.25. The van der Waals surface area contributed by atoms with Gasteiger partial charge in [-0.2, -0.15) is 0 Å². The topological polar surface area (TPSA) is 9.23 Å². The molecule has 2 aliphatic carbocycles. The number of rotatable bonds is 1. The van der Waals surface area contributed by atoms with E-state index in [1.165, 1.54) is 43.4 Å². The van der Waals surface area contributed by atoms with Gasteiger partial charge in [0.15, 0.2) is 0 Å². The molecule has 0 radical (unpaired) electrons. The second-order valence-electron chi connectivity index (χ2n) is 6.20. The van der Waals surface area contributed by atoms with Gasteiger partial charge in [-0.1, -0.05) is 60.7 Å². The summed E-state index contributed by atoms with van der Waals surface area (Å²) in [4.78, 5) is 0. The normalized spacial score (nSPS) is 11.5. The van der Waals surface area contributed by atoms with Crippen LogP contribution in [0.15, 0.2) is 78.9 Å². The summed E-state index contributed by atoms with van der Waals surface area (Å²) in [6, 6.07) is 28.2. The van der Waals surface area contributed by atoms with Crippen LogP contribution in [0.4, 0.5) is 0 Å². The first-order valence-electron chi connectivity index (χ1n) is 8.16. The molecule has 0 unspecified atom stereocenters. The second-order valence-corrected chi connectivity index (χ2v) is 6.20. The lowest BCUT2D eigenvalue weighted by Gasteiger charge is -2.10. The van der Waals surface area contributed by atoms with E-state index in [-0.39, 0.29) is 0 Å².